The minimum absolute atomic E-state index is 0.450. The Morgan fingerprint density at radius 2 is 2.42 bits per heavy atom. The van der Waals surface area contributed by atoms with Gasteiger partial charge in [-0.15, -0.1) is 0 Å². The Kier molecular flexibility index (Phi) is 1.89. The molecular formula is C9H15N3. The first kappa shape index (κ1) is 7.80. The Bertz CT molecular complexity index is 260. The molecule has 1 fully saturated rings. The average Bonchev–Trinajstić information content (AvgIpc) is 2.33. The number of rotatable bonds is 2. The molecule has 1 aliphatic rings. The van der Waals surface area contributed by atoms with Crippen LogP contribution in [0.3, 0.4) is 0 Å². The standard InChI is InChI=1S/C9H15N3/c1-7-2-3-11-12(7)6-8-4-9(10)5-8/h2-3,8-9H,4-6,10H2,1H3/t8-,9+. The van der Waals surface area contributed by atoms with E-state index in [1.54, 1.807) is 0 Å². The molecule has 3 nitrogen and oxygen atoms in total. The lowest BCUT2D eigenvalue weighted by Gasteiger charge is -2.32. The first-order valence-corrected chi connectivity index (χ1v) is 4.49. The molecule has 0 spiro atoms. The van der Waals surface area contributed by atoms with E-state index >= 15 is 0 Å². The average molecular weight is 165 g/mol. The topological polar surface area (TPSA) is 43.8 Å². The van der Waals surface area contributed by atoms with Crippen molar-refractivity contribution in [3.05, 3.63) is 18.0 Å². The van der Waals surface area contributed by atoms with Crippen LogP contribution in [-0.4, -0.2) is 15.8 Å². The van der Waals surface area contributed by atoms with Crippen molar-refractivity contribution in [3.8, 4) is 0 Å². The summed E-state index contributed by atoms with van der Waals surface area (Å²) < 4.78 is 2.07. The maximum Gasteiger partial charge on any atom is 0.0492 e. The Labute approximate surface area is 72.6 Å². The molecule has 1 aromatic heterocycles. The summed E-state index contributed by atoms with van der Waals surface area (Å²) in [5.74, 6) is 0.763. The number of aryl methyl sites for hydroxylation is 1. The molecule has 0 amide bonds. The van der Waals surface area contributed by atoms with Crippen LogP contribution in [0.2, 0.25) is 0 Å². The zero-order valence-electron chi connectivity index (χ0n) is 7.40. The molecule has 2 N–H and O–H groups in total. The summed E-state index contributed by atoms with van der Waals surface area (Å²) in [7, 11) is 0. The second-order valence-corrected chi connectivity index (χ2v) is 3.75. The quantitative estimate of drug-likeness (QED) is 0.708. The Morgan fingerprint density at radius 1 is 1.67 bits per heavy atom. The fourth-order valence-corrected chi connectivity index (χ4v) is 1.77. The molecule has 0 aliphatic heterocycles. The smallest absolute Gasteiger partial charge is 0.0492 e. The molecule has 0 unspecified atom stereocenters. The highest BCUT2D eigenvalue weighted by Crippen LogP contribution is 2.27. The molecule has 1 aliphatic carbocycles. The van der Waals surface area contributed by atoms with Gasteiger partial charge in [0.1, 0.15) is 0 Å². The van der Waals surface area contributed by atoms with Crippen LogP contribution in [0, 0.1) is 12.8 Å². The van der Waals surface area contributed by atoms with Crippen molar-refractivity contribution in [3.63, 3.8) is 0 Å². The van der Waals surface area contributed by atoms with Gasteiger partial charge in [-0.2, -0.15) is 5.10 Å². The van der Waals surface area contributed by atoms with Crippen molar-refractivity contribution in [2.75, 3.05) is 0 Å². The minimum atomic E-state index is 0.450. The van der Waals surface area contributed by atoms with Crippen molar-refractivity contribution in [1.82, 2.24) is 9.78 Å². The van der Waals surface area contributed by atoms with Gasteiger partial charge in [0.25, 0.3) is 0 Å². The second kappa shape index (κ2) is 2.90. The molecule has 66 valence electrons. The van der Waals surface area contributed by atoms with E-state index in [2.05, 4.69) is 16.7 Å². The second-order valence-electron chi connectivity index (χ2n) is 3.75. The molecule has 0 atom stereocenters. The number of hydrogen-bond acceptors (Lipinski definition) is 2. The van der Waals surface area contributed by atoms with Crippen molar-refractivity contribution in [1.29, 1.82) is 0 Å². The molecule has 0 saturated heterocycles. The summed E-state index contributed by atoms with van der Waals surface area (Å²) in [6, 6.07) is 2.49. The van der Waals surface area contributed by atoms with Crippen LogP contribution >= 0.6 is 0 Å². The van der Waals surface area contributed by atoms with E-state index in [-0.39, 0.29) is 0 Å². The van der Waals surface area contributed by atoms with Gasteiger partial charge >= 0.3 is 0 Å². The first-order valence-electron chi connectivity index (χ1n) is 4.49. The summed E-state index contributed by atoms with van der Waals surface area (Å²) in [4.78, 5) is 0. The Morgan fingerprint density at radius 3 is 2.92 bits per heavy atom. The van der Waals surface area contributed by atoms with Gasteiger partial charge in [0.2, 0.25) is 0 Å². The van der Waals surface area contributed by atoms with E-state index in [0.29, 0.717) is 6.04 Å². The van der Waals surface area contributed by atoms with Crippen molar-refractivity contribution in [2.24, 2.45) is 11.7 Å². The number of nitrogens with two attached hydrogens (primary N) is 1. The predicted octanol–water partition coefficient (Wildman–Crippen LogP) is 0.929. The fourth-order valence-electron chi connectivity index (χ4n) is 1.77. The zero-order chi connectivity index (χ0) is 8.55. The van der Waals surface area contributed by atoms with E-state index < -0.39 is 0 Å². The van der Waals surface area contributed by atoms with Gasteiger partial charge in [-0.25, -0.2) is 0 Å². The van der Waals surface area contributed by atoms with Gasteiger partial charge in [-0.1, -0.05) is 0 Å². The number of hydrogen-bond donors (Lipinski definition) is 1. The van der Waals surface area contributed by atoms with Gasteiger partial charge < -0.3 is 5.73 Å². The summed E-state index contributed by atoms with van der Waals surface area (Å²) in [6.07, 6.45) is 4.19. The van der Waals surface area contributed by atoms with Gasteiger partial charge in [0.15, 0.2) is 0 Å². The van der Waals surface area contributed by atoms with Crippen LogP contribution in [0.5, 0.6) is 0 Å². The van der Waals surface area contributed by atoms with E-state index in [1.807, 2.05) is 12.3 Å². The lowest BCUT2D eigenvalue weighted by molar-refractivity contribution is 0.226. The van der Waals surface area contributed by atoms with Crippen LogP contribution in [0.4, 0.5) is 0 Å². The summed E-state index contributed by atoms with van der Waals surface area (Å²) >= 11 is 0. The Hall–Kier alpha value is -0.830. The monoisotopic (exact) mass is 165 g/mol. The maximum absolute atomic E-state index is 5.71. The van der Waals surface area contributed by atoms with Gasteiger partial charge in [0.05, 0.1) is 0 Å². The zero-order valence-corrected chi connectivity index (χ0v) is 7.40. The third kappa shape index (κ3) is 1.37. The van der Waals surface area contributed by atoms with Gasteiger partial charge in [-0.3, -0.25) is 4.68 Å². The predicted molar refractivity (Wildman–Crippen MR) is 47.7 cm³/mol. The van der Waals surface area contributed by atoms with E-state index in [0.717, 1.165) is 12.5 Å². The molecule has 2 rings (SSSR count). The molecule has 0 bridgehead atoms. The number of aromatic nitrogens is 2. The normalized spacial score (nSPS) is 28.5. The molecule has 3 heteroatoms. The Balaban J connectivity index is 1.92. The highest BCUT2D eigenvalue weighted by molar-refractivity contribution is 4.97. The first-order chi connectivity index (χ1) is 5.75. The fraction of sp³-hybridized carbons (Fsp3) is 0.667. The largest absolute Gasteiger partial charge is 0.328 e. The van der Waals surface area contributed by atoms with E-state index in [1.165, 1.54) is 18.5 Å². The van der Waals surface area contributed by atoms with Crippen LogP contribution in [0.1, 0.15) is 18.5 Å². The summed E-state index contributed by atoms with van der Waals surface area (Å²) in [5, 5.41) is 4.24. The van der Waals surface area contributed by atoms with E-state index in [4.69, 9.17) is 5.73 Å². The number of nitrogens with zero attached hydrogens (tertiary/aromatic N) is 2. The van der Waals surface area contributed by atoms with E-state index in [9.17, 15) is 0 Å². The van der Waals surface area contributed by atoms with Crippen molar-refractivity contribution < 1.29 is 0 Å². The summed E-state index contributed by atoms with van der Waals surface area (Å²) in [6.45, 7) is 3.14. The lowest BCUT2D eigenvalue weighted by atomic mass is 9.81. The lowest BCUT2D eigenvalue weighted by Crippen LogP contribution is -2.38. The van der Waals surface area contributed by atoms with Crippen molar-refractivity contribution in [2.45, 2.75) is 32.4 Å². The third-order valence-electron chi connectivity index (χ3n) is 2.63. The molecule has 12 heavy (non-hydrogen) atoms. The SMILES string of the molecule is Cc1ccnn1C[C@H]1C[C@@H](N)C1. The molecule has 1 saturated carbocycles. The highest BCUT2D eigenvalue weighted by Gasteiger charge is 2.26. The highest BCUT2D eigenvalue weighted by atomic mass is 15.3. The van der Waals surface area contributed by atoms with Crippen LogP contribution < -0.4 is 5.73 Å². The minimum Gasteiger partial charge on any atom is -0.328 e. The van der Waals surface area contributed by atoms with Crippen LogP contribution in [-0.2, 0) is 6.54 Å². The van der Waals surface area contributed by atoms with Gasteiger partial charge in [0, 0.05) is 24.5 Å². The molecule has 0 radical (unpaired) electrons. The third-order valence-corrected chi connectivity index (χ3v) is 2.63. The van der Waals surface area contributed by atoms with Gasteiger partial charge in [-0.05, 0) is 31.7 Å². The molecule has 1 aromatic rings. The van der Waals surface area contributed by atoms with Crippen molar-refractivity contribution >= 4 is 0 Å². The summed E-state index contributed by atoms with van der Waals surface area (Å²) in [5.41, 5.74) is 6.95. The molecule has 1 heterocycles. The van der Waals surface area contributed by atoms with Crippen LogP contribution in [0.15, 0.2) is 12.3 Å². The molecular weight excluding hydrogens is 150 g/mol. The van der Waals surface area contributed by atoms with Crippen LogP contribution in [0.25, 0.3) is 0 Å². The maximum atomic E-state index is 5.71. The molecule has 0 aromatic carbocycles.